The van der Waals surface area contributed by atoms with Crippen LogP contribution >= 0.6 is 11.3 Å². The highest BCUT2D eigenvalue weighted by atomic mass is 32.2. The normalized spacial score (nSPS) is 11.8. The van der Waals surface area contributed by atoms with E-state index in [9.17, 15) is 8.42 Å². The minimum atomic E-state index is -3.59. The van der Waals surface area contributed by atoms with Gasteiger partial charge in [0, 0.05) is 0 Å². The number of nitrogens with one attached hydrogen (secondary N) is 1. The van der Waals surface area contributed by atoms with Crippen molar-refractivity contribution in [3.8, 4) is 10.6 Å². The molecule has 2 heterocycles. The van der Waals surface area contributed by atoms with Gasteiger partial charge in [-0.05, 0) is 55.5 Å². The van der Waals surface area contributed by atoms with E-state index in [2.05, 4.69) is 4.72 Å². The Hall–Kier alpha value is -1.89. The van der Waals surface area contributed by atoms with Gasteiger partial charge in [-0.25, -0.2) is 13.1 Å². The van der Waals surface area contributed by atoms with Gasteiger partial charge in [-0.1, -0.05) is 23.8 Å². The van der Waals surface area contributed by atoms with E-state index >= 15 is 0 Å². The van der Waals surface area contributed by atoms with Crippen LogP contribution in [0.25, 0.3) is 10.6 Å². The Morgan fingerprint density at radius 3 is 2.42 bits per heavy atom. The molecule has 3 rings (SSSR count). The highest BCUT2D eigenvalue weighted by Crippen LogP contribution is 2.27. The van der Waals surface area contributed by atoms with Gasteiger partial charge in [0.05, 0.1) is 16.3 Å². The molecule has 0 aliphatic heterocycles. The van der Waals surface area contributed by atoms with E-state index in [1.807, 2.05) is 56.5 Å². The number of benzene rings is 1. The monoisotopic (exact) mass is 361 g/mol. The Morgan fingerprint density at radius 2 is 1.79 bits per heavy atom. The molecule has 4 nitrogen and oxygen atoms in total. The molecule has 24 heavy (non-hydrogen) atoms. The highest BCUT2D eigenvalue weighted by Gasteiger charge is 2.20. The van der Waals surface area contributed by atoms with Gasteiger partial charge in [-0.15, -0.1) is 11.3 Å². The molecule has 1 aromatic carbocycles. The van der Waals surface area contributed by atoms with Gasteiger partial charge in [-0.3, -0.25) is 0 Å². The average molecular weight is 361 g/mol. The number of thiophene rings is 1. The lowest BCUT2D eigenvalue weighted by Crippen LogP contribution is -2.24. The molecule has 2 aromatic heterocycles. The second kappa shape index (κ2) is 6.55. The highest BCUT2D eigenvalue weighted by molar-refractivity contribution is 7.89. The molecule has 0 radical (unpaired) electrons. The van der Waals surface area contributed by atoms with Crippen LogP contribution in [0.1, 0.15) is 22.5 Å². The van der Waals surface area contributed by atoms with Crippen molar-refractivity contribution in [1.82, 2.24) is 4.72 Å². The summed E-state index contributed by atoms with van der Waals surface area (Å²) in [6, 6.07) is 11.3. The maximum atomic E-state index is 12.6. The molecule has 0 aliphatic rings. The second-order valence-electron chi connectivity index (χ2n) is 5.80. The standard InChI is InChI=1S/C18H19NO3S2/c1-12-9-13(2)18(14(3)10-12)24(20,21)19-11-15-6-7-16(22-15)17-5-4-8-23-17/h4-10,19H,11H2,1-3H3. The Kier molecular flexibility index (Phi) is 4.62. The quantitative estimate of drug-likeness (QED) is 0.732. The molecular formula is C18H19NO3S2. The van der Waals surface area contributed by atoms with Crippen LogP contribution in [0.3, 0.4) is 0 Å². The topological polar surface area (TPSA) is 59.3 Å². The molecule has 0 spiro atoms. The third-order valence-electron chi connectivity index (χ3n) is 3.74. The van der Waals surface area contributed by atoms with Crippen molar-refractivity contribution in [2.45, 2.75) is 32.2 Å². The summed E-state index contributed by atoms with van der Waals surface area (Å²) < 4.78 is 33.6. The fraction of sp³-hybridized carbons (Fsp3) is 0.222. The van der Waals surface area contributed by atoms with Gasteiger partial charge in [0.1, 0.15) is 11.5 Å². The maximum Gasteiger partial charge on any atom is 0.241 e. The van der Waals surface area contributed by atoms with Crippen LogP contribution in [0.4, 0.5) is 0 Å². The molecule has 3 aromatic rings. The summed E-state index contributed by atoms with van der Waals surface area (Å²) in [5, 5.41) is 1.98. The van der Waals surface area contributed by atoms with Crippen LogP contribution in [0.15, 0.2) is 51.1 Å². The van der Waals surface area contributed by atoms with E-state index in [0.717, 1.165) is 27.3 Å². The maximum absolute atomic E-state index is 12.6. The summed E-state index contributed by atoms with van der Waals surface area (Å²) in [4.78, 5) is 1.37. The molecule has 0 unspecified atom stereocenters. The summed E-state index contributed by atoms with van der Waals surface area (Å²) in [5.74, 6) is 1.34. The summed E-state index contributed by atoms with van der Waals surface area (Å²) >= 11 is 1.58. The van der Waals surface area contributed by atoms with E-state index < -0.39 is 10.0 Å². The summed E-state index contributed by atoms with van der Waals surface area (Å²) in [6.45, 7) is 5.71. The number of furan rings is 1. The molecule has 0 saturated carbocycles. The van der Waals surface area contributed by atoms with Crippen molar-refractivity contribution in [2.75, 3.05) is 0 Å². The van der Waals surface area contributed by atoms with Crippen molar-refractivity contribution in [1.29, 1.82) is 0 Å². The first kappa shape index (κ1) is 17.0. The van der Waals surface area contributed by atoms with Gasteiger partial charge in [0.2, 0.25) is 10.0 Å². The minimum Gasteiger partial charge on any atom is -0.459 e. The summed E-state index contributed by atoms with van der Waals surface area (Å²) in [5.41, 5.74) is 2.55. The van der Waals surface area contributed by atoms with Crippen LogP contribution in [-0.2, 0) is 16.6 Å². The number of sulfonamides is 1. The molecule has 0 atom stereocenters. The van der Waals surface area contributed by atoms with Crippen molar-refractivity contribution < 1.29 is 12.8 Å². The Morgan fingerprint density at radius 1 is 1.08 bits per heavy atom. The molecule has 0 bridgehead atoms. The van der Waals surface area contributed by atoms with Crippen molar-refractivity contribution in [2.24, 2.45) is 0 Å². The fourth-order valence-electron chi connectivity index (χ4n) is 2.85. The average Bonchev–Trinajstić information content (AvgIpc) is 3.15. The molecule has 0 saturated heterocycles. The van der Waals surface area contributed by atoms with Crippen LogP contribution in [0.5, 0.6) is 0 Å². The van der Waals surface area contributed by atoms with E-state index in [4.69, 9.17) is 4.42 Å². The third-order valence-corrected chi connectivity index (χ3v) is 6.33. The lowest BCUT2D eigenvalue weighted by Gasteiger charge is -2.12. The van der Waals surface area contributed by atoms with Crippen molar-refractivity contribution in [3.05, 3.63) is 64.2 Å². The lowest BCUT2D eigenvalue weighted by molar-refractivity contribution is 0.510. The largest absolute Gasteiger partial charge is 0.459 e. The summed E-state index contributed by atoms with van der Waals surface area (Å²) in [6.07, 6.45) is 0. The molecular weight excluding hydrogens is 342 g/mol. The lowest BCUT2D eigenvalue weighted by atomic mass is 10.1. The van der Waals surface area contributed by atoms with Gasteiger partial charge < -0.3 is 4.42 Å². The van der Waals surface area contributed by atoms with Gasteiger partial charge in [0.15, 0.2) is 0 Å². The zero-order valence-corrected chi connectivity index (χ0v) is 15.4. The van der Waals surface area contributed by atoms with E-state index in [-0.39, 0.29) is 6.54 Å². The first-order chi connectivity index (χ1) is 11.4. The van der Waals surface area contributed by atoms with Gasteiger partial charge in [-0.2, -0.15) is 0 Å². The van der Waals surface area contributed by atoms with Crippen molar-refractivity contribution in [3.63, 3.8) is 0 Å². The van der Waals surface area contributed by atoms with E-state index in [1.165, 1.54) is 0 Å². The number of aryl methyl sites for hydroxylation is 3. The van der Waals surface area contributed by atoms with Crippen LogP contribution in [0, 0.1) is 20.8 Å². The molecule has 0 amide bonds. The molecule has 1 N–H and O–H groups in total. The molecule has 0 aliphatic carbocycles. The molecule has 126 valence electrons. The zero-order valence-electron chi connectivity index (χ0n) is 13.8. The third kappa shape index (κ3) is 3.45. The second-order valence-corrected chi connectivity index (χ2v) is 8.45. The smallest absolute Gasteiger partial charge is 0.241 e. The predicted octanol–water partition coefficient (Wildman–Crippen LogP) is 4.41. The summed E-state index contributed by atoms with van der Waals surface area (Å²) in [7, 11) is -3.59. The van der Waals surface area contributed by atoms with Crippen LogP contribution < -0.4 is 4.72 Å². The van der Waals surface area contributed by atoms with Crippen LogP contribution in [-0.4, -0.2) is 8.42 Å². The van der Waals surface area contributed by atoms with Gasteiger partial charge >= 0.3 is 0 Å². The first-order valence-electron chi connectivity index (χ1n) is 7.57. The van der Waals surface area contributed by atoms with E-state index in [0.29, 0.717) is 10.7 Å². The number of hydrogen-bond acceptors (Lipinski definition) is 4. The fourth-order valence-corrected chi connectivity index (χ4v) is 4.98. The van der Waals surface area contributed by atoms with Crippen molar-refractivity contribution >= 4 is 21.4 Å². The van der Waals surface area contributed by atoms with Gasteiger partial charge in [0.25, 0.3) is 0 Å². The number of rotatable bonds is 5. The minimum absolute atomic E-state index is 0.125. The van der Waals surface area contributed by atoms with E-state index in [1.54, 1.807) is 17.4 Å². The SMILES string of the molecule is Cc1cc(C)c(S(=O)(=O)NCc2ccc(-c3cccs3)o2)c(C)c1. The Balaban J connectivity index is 1.79. The Labute approximate surface area is 146 Å². The number of hydrogen-bond donors (Lipinski definition) is 1. The molecule has 0 fully saturated rings. The first-order valence-corrected chi connectivity index (χ1v) is 9.93. The zero-order chi connectivity index (χ0) is 17.3. The predicted molar refractivity (Wildman–Crippen MR) is 96.7 cm³/mol. The van der Waals surface area contributed by atoms with Crippen LogP contribution in [0.2, 0.25) is 0 Å². The Bertz CT molecular complexity index is 931. The molecule has 6 heteroatoms.